The molecule has 1 unspecified atom stereocenters. The number of aryl methyl sites for hydroxylation is 1. The quantitative estimate of drug-likeness (QED) is 0.681. The number of esters is 1. The standard InChI is InChI=1S/C18H18N4O6S2/c1-3-13(16(23)19-15-8-10(2)28-20-15)27-17(24)11-4-5-12-14(9-11)29-18-21-30(25,26)7-6-22(12)18/h4-5,8-9,13H,3,6-7H2,1-2H3,(H,19,20,23). The van der Waals surface area contributed by atoms with Crippen molar-refractivity contribution in [3.63, 3.8) is 0 Å². The highest BCUT2D eigenvalue weighted by Gasteiger charge is 2.34. The number of benzene rings is 1. The molecule has 0 radical (unpaired) electrons. The number of thioether (sulfide) groups is 1. The summed E-state index contributed by atoms with van der Waals surface area (Å²) in [5.41, 5.74) is 1.05. The first-order chi connectivity index (χ1) is 14.3. The molecule has 2 aliphatic heterocycles. The van der Waals surface area contributed by atoms with Crippen LogP contribution in [0, 0.1) is 6.92 Å². The average Bonchev–Trinajstić information content (AvgIpc) is 3.26. The normalized spacial score (nSPS) is 17.5. The van der Waals surface area contributed by atoms with Crippen LogP contribution in [0.25, 0.3) is 0 Å². The van der Waals surface area contributed by atoms with Crippen LogP contribution in [0.4, 0.5) is 11.5 Å². The average molecular weight is 450 g/mol. The second-order valence-corrected chi connectivity index (χ2v) is 9.47. The summed E-state index contributed by atoms with van der Waals surface area (Å²) in [6.45, 7) is 3.73. The van der Waals surface area contributed by atoms with Crippen molar-refractivity contribution >= 4 is 50.3 Å². The van der Waals surface area contributed by atoms with Crippen LogP contribution in [0.2, 0.25) is 0 Å². The molecule has 2 aliphatic rings. The molecule has 0 aliphatic carbocycles. The zero-order chi connectivity index (χ0) is 21.5. The summed E-state index contributed by atoms with van der Waals surface area (Å²) in [7, 11) is -3.46. The van der Waals surface area contributed by atoms with Crippen molar-refractivity contribution in [2.75, 3.05) is 22.5 Å². The number of amidine groups is 1. The molecule has 158 valence electrons. The smallest absolute Gasteiger partial charge is 0.338 e. The lowest BCUT2D eigenvalue weighted by Crippen LogP contribution is -2.35. The Balaban J connectivity index is 1.47. The van der Waals surface area contributed by atoms with E-state index in [4.69, 9.17) is 9.26 Å². The molecule has 3 heterocycles. The van der Waals surface area contributed by atoms with E-state index in [1.165, 1.54) is 11.8 Å². The fourth-order valence-electron chi connectivity index (χ4n) is 3.01. The van der Waals surface area contributed by atoms with Crippen LogP contribution < -0.4 is 10.2 Å². The topological polar surface area (TPSA) is 131 Å². The number of nitrogens with one attached hydrogen (secondary N) is 1. The van der Waals surface area contributed by atoms with Crippen LogP contribution in [0.1, 0.15) is 29.5 Å². The van der Waals surface area contributed by atoms with E-state index in [2.05, 4.69) is 14.9 Å². The number of carbonyl (C=O) groups is 2. The van der Waals surface area contributed by atoms with E-state index in [1.807, 2.05) is 0 Å². The van der Waals surface area contributed by atoms with E-state index in [-0.39, 0.29) is 23.6 Å². The zero-order valence-corrected chi connectivity index (χ0v) is 17.7. The van der Waals surface area contributed by atoms with Crippen molar-refractivity contribution in [2.24, 2.45) is 4.40 Å². The van der Waals surface area contributed by atoms with Crippen LogP contribution >= 0.6 is 11.8 Å². The number of carbonyl (C=O) groups excluding carboxylic acids is 2. The zero-order valence-electron chi connectivity index (χ0n) is 16.1. The van der Waals surface area contributed by atoms with Gasteiger partial charge in [0.05, 0.1) is 17.0 Å². The van der Waals surface area contributed by atoms with Crippen molar-refractivity contribution < 1.29 is 27.3 Å². The predicted octanol–water partition coefficient (Wildman–Crippen LogP) is 2.17. The Morgan fingerprint density at radius 3 is 2.87 bits per heavy atom. The van der Waals surface area contributed by atoms with Crippen LogP contribution in [-0.2, 0) is 19.6 Å². The number of hydrogen-bond acceptors (Lipinski definition) is 9. The maximum Gasteiger partial charge on any atom is 0.338 e. The maximum absolute atomic E-state index is 12.6. The summed E-state index contributed by atoms with van der Waals surface area (Å²) in [5.74, 6) is -0.436. The number of nitrogens with zero attached hydrogens (tertiary/aromatic N) is 3. The summed E-state index contributed by atoms with van der Waals surface area (Å²) in [6.07, 6.45) is -0.729. The Labute approximate surface area is 176 Å². The van der Waals surface area contributed by atoms with E-state index in [1.54, 1.807) is 43.0 Å². The molecule has 30 heavy (non-hydrogen) atoms. The predicted molar refractivity (Wildman–Crippen MR) is 110 cm³/mol. The molecular formula is C18H18N4O6S2. The summed E-state index contributed by atoms with van der Waals surface area (Å²) in [5, 5.41) is 6.61. The first-order valence-corrected chi connectivity index (χ1v) is 11.6. The van der Waals surface area contributed by atoms with E-state index in [0.717, 1.165) is 5.69 Å². The van der Waals surface area contributed by atoms with Gasteiger partial charge in [0.1, 0.15) is 5.76 Å². The number of rotatable bonds is 5. The van der Waals surface area contributed by atoms with Gasteiger partial charge in [0.2, 0.25) is 0 Å². The summed E-state index contributed by atoms with van der Waals surface area (Å²) in [6, 6.07) is 6.47. The Hall–Kier alpha value is -2.86. The van der Waals surface area contributed by atoms with Crippen molar-refractivity contribution in [1.29, 1.82) is 0 Å². The number of amides is 1. The SMILES string of the molecule is CCC(OC(=O)c1ccc2c(c1)SC1=NS(=O)(=O)CCN12)C(=O)Nc1cc(C)on1. The minimum Gasteiger partial charge on any atom is -0.449 e. The molecule has 1 amide bonds. The van der Waals surface area contributed by atoms with Gasteiger partial charge in [0.25, 0.3) is 15.9 Å². The fraction of sp³-hybridized carbons (Fsp3) is 0.333. The number of fused-ring (bicyclic) bond motifs is 3. The molecule has 10 nitrogen and oxygen atoms in total. The molecule has 0 spiro atoms. The van der Waals surface area contributed by atoms with Crippen LogP contribution in [0.3, 0.4) is 0 Å². The highest BCUT2D eigenvalue weighted by Crippen LogP contribution is 2.42. The van der Waals surface area contributed by atoms with Gasteiger partial charge in [0, 0.05) is 17.5 Å². The molecule has 0 saturated carbocycles. The second kappa shape index (κ2) is 7.76. The largest absolute Gasteiger partial charge is 0.449 e. The van der Waals surface area contributed by atoms with Gasteiger partial charge in [-0.3, -0.25) is 4.79 Å². The molecule has 1 N–H and O–H groups in total. The van der Waals surface area contributed by atoms with Crippen LogP contribution in [-0.4, -0.2) is 49.0 Å². The van der Waals surface area contributed by atoms with Crippen molar-refractivity contribution in [1.82, 2.24) is 5.16 Å². The van der Waals surface area contributed by atoms with Crippen molar-refractivity contribution in [2.45, 2.75) is 31.3 Å². The Morgan fingerprint density at radius 2 is 2.17 bits per heavy atom. The van der Waals surface area contributed by atoms with E-state index >= 15 is 0 Å². The molecule has 0 saturated heterocycles. The molecule has 1 atom stereocenters. The monoisotopic (exact) mass is 450 g/mol. The van der Waals surface area contributed by atoms with Crippen LogP contribution in [0.15, 0.2) is 38.1 Å². The Bertz CT molecular complexity index is 1160. The highest BCUT2D eigenvalue weighted by atomic mass is 32.2. The van der Waals surface area contributed by atoms with Crippen molar-refractivity contribution in [3.05, 3.63) is 35.6 Å². The maximum atomic E-state index is 12.6. The third kappa shape index (κ3) is 4.05. The molecule has 0 fully saturated rings. The third-order valence-electron chi connectivity index (χ3n) is 4.50. The summed E-state index contributed by atoms with van der Waals surface area (Å²) in [4.78, 5) is 27.5. The van der Waals surface area contributed by atoms with Gasteiger partial charge >= 0.3 is 5.97 Å². The fourth-order valence-corrected chi connectivity index (χ4v) is 5.31. The van der Waals surface area contributed by atoms with Crippen molar-refractivity contribution in [3.8, 4) is 0 Å². The summed E-state index contributed by atoms with van der Waals surface area (Å²) < 4.78 is 37.5. The number of anilines is 2. The lowest BCUT2D eigenvalue weighted by atomic mass is 10.2. The molecule has 4 rings (SSSR count). The first kappa shape index (κ1) is 20.4. The lowest BCUT2D eigenvalue weighted by molar-refractivity contribution is -0.124. The molecular weight excluding hydrogens is 432 g/mol. The van der Waals surface area contributed by atoms with Gasteiger partial charge in [0.15, 0.2) is 17.1 Å². The number of ether oxygens (including phenoxy) is 1. The third-order valence-corrected chi connectivity index (χ3v) is 6.81. The van der Waals surface area contributed by atoms with E-state index < -0.39 is 28.0 Å². The van der Waals surface area contributed by atoms with E-state index in [0.29, 0.717) is 22.4 Å². The number of hydrogen-bond donors (Lipinski definition) is 1. The summed E-state index contributed by atoms with van der Waals surface area (Å²) >= 11 is 1.18. The van der Waals surface area contributed by atoms with Gasteiger partial charge in [-0.05, 0) is 43.3 Å². The molecule has 1 aromatic carbocycles. The van der Waals surface area contributed by atoms with Crippen LogP contribution in [0.5, 0.6) is 0 Å². The first-order valence-electron chi connectivity index (χ1n) is 9.13. The van der Waals surface area contributed by atoms with Gasteiger partial charge in [-0.2, -0.15) is 0 Å². The van der Waals surface area contributed by atoms with E-state index in [9.17, 15) is 18.0 Å². The Morgan fingerprint density at radius 1 is 1.37 bits per heavy atom. The molecule has 12 heteroatoms. The highest BCUT2D eigenvalue weighted by molar-refractivity contribution is 8.15. The molecule has 0 bridgehead atoms. The second-order valence-electron chi connectivity index (χ2n) is 6.71. The van der Waals surface area contributed by atoms with Gasteiger partial charge in [-0.15, -0.1) is 4.40 Å². The van der Waals surface area contributed by atoms with Gasteiger partial charge in [-0.25, -0.2) is 13.2 Å². The molecule has 1 aromatic heterocycles. The minimum absolute atomic E-state index is 0.0569. The number of aromatic nitrogens is 1. The minimum atomic E-state index is -3.46. The Kier molecular flexibility index (Phi) is 5.28. The lowest BCUT2D eigenvalue weighted by Gasteiger charge is -2.22. The number of sulfonamides is 1. The van der Waals surface area contributed by atoms with Gasteiger partial charge < -0.3 is 19.5 Å². The molecule has 2 aromatic rings. The van der Waals surface area contributed by atoms with Gasteiger partial charge in [-0.1, -0.05) is 12.1 Å².